The first-order valence-electron chi connectivity index (χ1n) is 5.04. The van der Waals surface area contributed by atoms with Crippen molar-refractivity contribution in [1.82, 2.24) is 9.97 Å². The van der Waals surface area contributed by atoms with Crippen molar-refractivity contribution in [2.24, 2.45) is 10.9 Å². The van der Waals surface area contributed by atoms with Crippen molar-refractivity contribution in [2.75, 3.05) is 7.11 Å². The third-order valence-electron chi connectivity index (χ3n) is 2.27. The molecule has 0 fully saturated rings. The number of ether oxygens (including phenoxy) is 1. The molecule has 0 radical (unpaired) electrons. The highest BCUT2D eigenvalue weighted by atomic mass is 16.5. The van der Waals surface area contributed by atoms with Crippen molar-refractivity contribution in [3.8, 4) is 17.1 Å². The molecule has 0 aliphatic rings. The van der Waals surface area contributed by atoms with Gasteiger partial charge in [-0.05, 0) is 18.2 Å². The van der Waals surface area contributed by atoms with Gasteiger partial charge < -0.3 is 10.6 Å². The van der Waals surface area contributed by atoms with Gasteiger partial charge in [0.05, 0.1) is 13.3 Å². The Labute approximate surface area is 99.0 Å². The van der Waals surface area contributed by atoms with E-state index in [1.54, 1.807) is 25.6 Å². The van der Waals surface area contributed by atoms with E-state index in [4.69, 9.17) is 10.6 Å². The summed E-state index contributed by atoms with van der Waals surface area (Å²) in [5, 5.41) is 3.48. The SMILES string of the molecule is COc1cc(-c2ncccn2)ccc1C=NN. The molecule has 2 N–H and O–H groups in total. The number of hydrazone groups is 1. The van der Waals surface area contributed by atoms with Gasteiger partial charge in [-0.25, -0.2) is 9.97 Å². The maximum atomic E-state index is 5.26. The molecular formula is C12H12N4O. The van der Waals surface area contributed by atoms with Crippen LogP contribution in [0.2, 0.25) is 0 Å². The second kappa shape index (κ2) is 5.07. The molecule has 0 aliphatic carbocycles. The van der Waals surface area contributed by atoms with Crippen molar-refractivity contribution >= 4 is 6.21 Å². The maximum absolute atomic E-state index is 5.26. The first kappa shape index (κ1) is 11.1. The summed E-state index contributed by atoms with van der Waals surface area (Å²) in [7, 11) is 1.60. The second-order valence-corrected chi connectivity index (χ2v) is 3.31. The van der Waals surface area contributed by atoms with Gasteiger partial charge >= 0.3 is 0 Å². The minimum absolute atomic E-state index is 0.655. The summed E-state index contributed by atoms with van der Waals surface area (Å²) < 4.78 is 5.26. The summed E-state index contributed by atoms with van der Waals surface area (Å²) in [6, 6.07) is 7.39. The van der Waals surface area contributed by atoms with Gasteiger partial charge in [-0.2, -0.15) is 5.10 Å². The molecule has 2 rings (SSSR count). The van der Waals surface area contributed by atoms with Crippen LogP contribution in [0, 0.1) is 0 Å². The Hall–Kier alpha value is -2.43. The molecule has 1 aromatic heterocycles. The zero-order chi connectivity index (χ0) is 12.1. The lowest BCUT2D eigenvalue weighted by atomic mass is 10.1. The lowest BCUT2D eigenvalue weighted by Crippen LogP contribution is -1.94. The maximum Gasteiger partial charge on any atom is 0.159 e. The van der Waals surface area contributed by atoms with Crippen LogP contribution in [0.15, 0.2) is 41.8 Å². The van der Waals surface area contributed by atoms with Crippen LogP contribution in [0.5, 0.6) is 5.75 Å². The standard InChI is InChI=1S/C12H12N4O/c1-17-11-7-9(3-4-10(11)8-16-13)12-14-5-2-6-15-12/h2-8H,13H2,1H3. The predicted octanol–water partition coefficient (Wildman–Crippen LogP) is 1.44. The Morgan fingerprint density at radius 1 is 1.29 bits per heavy atom. The highest BCUT2D eigenvalue weighted by Crippen LogP contribution is 2.23. The van der Waals surface area contributed by atoms with Crippen LogP contribution < -0.4 is 10.6 Å². The molecule has 0 spiro atoms. The van der Waals surface area contributed by atoms with E-state index in [9.17, 15) is 0 Å². The van der Waals surface area contributed by atoms with Gasteiger partial charge in [-0.3, -0.25) is 0 Å². The van der Waals surface area contributed by atoms with Crippen molar-refractivity contribution in [2.45, 2.75) is 0 Å². The van der Waals surface area contributed by atoms with Crippen molar-refractivity contribution in [1.29, 1.82) is 0 Å². The monoisotopic (exact) mass is 228 g/mol. The molecule has 0 amide bonds. The summed E-state index contributed by atoms with van der Waals surface area (Å²) in [5.74, 6) is 6.46. The molecule has 0 atom stereocenters. The smallest absolute Gasteiger partial charge is 0.159 e. The van der Waals surface area contributed by atoms with E-state index in [1.165, 1.54) is 6.21 Å². The van der Waals surface area contributed by atoms with Crippen LogP contribution >= 0.6 is 0 Å². The zero-order valence-corrected chi connectivity index (χ0v) is 9.37. The quantitative estimate of drug-likeness (QED) is 0.490. The lowest BCUT2D eigenvalue weighted by molar-refractivity contribution is 0.414. The van der Waals surface area contributed by atoms with Gasteiger partial charge in [0.2, 0.25) is 0 Å². The van der Waals surface area contributed by atoms with E-state index in [0.29, 0.717) is 11.6 Å². The number of benzene rings is 1. The molecule has 0 unspecified atom stereocenters. The fourth-order valence-corrected chi connectivity index (χ4v) is 1.49. The number of hydrogen-bond acceptors (Lipinski definition) is 5. The molecule has 86 valence electrons. The largest absolute Gasteiger partial charge is 0.496 e. The molecule has 0 aliphatic heterocycles. The molecule has 0 bridgehead atoms. The van der Waals surface area contributed by atoms with Gasteiger partial charge in [0, 0.05) is 23.5 Å². The van der Waals surface area contributed by atoms with Crippen molar-refractivity contribution in [3.05, 3.63) is 42.2 Å². The van der Waals surface area contributed by atoms with E-state index in [2.05, 4.69) is 15.1 Å². The molecular weight excluding hydrogens is 216 g/mol. The summed E-state index contributed by atoms with van der Waals surface area (Å²) in [4.78, 5) is 8.35. The first-order valence-corrected chi connectivity index (χ1v) is 5.04. The van der Waals surface area contributed by atoms with Crippen LogP contribution in [0.25, 0.3) is 11.4 Å². The van der Waals surface area contributed by atoms with Crippen LogP contribution in [-0.4, -0.2) is 23.3 Å². The number of methoxy groups -OCH3 is 1. The molecule has 0 saturated carbocycles. The minimum Gasteiger partial charge on any atom is -0.496 e. The van der Waals surface area contributed by atoms with E-state index < -0.39 is 0 Å². The minimum atomic E-state index is 0.655. The highest BCUT2D eigenvalue weighted by molar-refractivity contribution is 5.84. The van der Waals surface area contributed by atoms with E-state index in [1.807, 2.05) is 18.2 Å². The third-order valence-corrected chi connectivity index (χ3v) is 2.27. The number of nitrogens with two attached hydrogens (primary N) is 1. The summed E-state index contributed by atoms with van der Waals surface area (Å²) >= 11 is 0. The average molecular weight is 228 g/mol. The van der Waals surface area contributed by atoms with Crippen molar-refractivity contribution in [3.63, 3.8) is 0 Å². The third kappa shape index (κ3) is 2.39. The van der Waals surface area contributed by atoms with Crippen LogP contribution in [0.4, 0.5) is 0 Å². The number of nitrogens with zero attached hydrogens (tertiary/aromatic N) is 3. The molecule has 1 heterocycles. The zero-order valence-electron chi connectivity index (χ0n) is 9.37. The van der Waals surface area contributed by atoms with Crippen LogP contribution in [0.1, 0.15) is 5.56 Å². The molecule has 17 heavy (non-hydrogen) atoms. The molecule has 5 heteroatoms. The summed E-state index contributed by atoms with van der Waals surface area (Å²) in [6.07, 6.45) is 4.93. The molecule has 5 nitrogen and oxygen atoms in total. The number of aromatic nitrogens is 2. The summed E-state index contributed by atoms with van der Waals surface area (Å²) in [6.45, 7) is 0. The topological polar surface area (TPSA) is 73.4 Å². The Morgan fingerprint density at radius 3 is 2.71 bits per heavy atom. The Bertz CT molecular complexity index is 525. The second-order valence-electron chi connectivity index (χ2n) is 3.31. The Morgan fingerprint density at radius 2 is 2.06 bits per heavy atom. The molecule has 2 aromatic rings. The van der Waals surface area contributed by atoms with Gasteiger partial charge in [-0.15, -0.1) is 0 Å². The molecule has 1 aromatic carbocycles. The van der Waals surface area contributed by atoms with Crippen molar-refractivity contribution < 1.29 is 4.74 Å². The normalized spacial score (nSPS) is 10.6. The fourth-order valence-electron chi connectivity index (χ4n) is 1.49. The van der Waals surface area contributed by atoms with Crippen LogP contribution in [0.3, 0.4) is 0 Å². The van der Waals surface area contributed by atoms with Gasteiger partial charge in [0.1, 0.15) is 5.75 Å². The van der Waals surface area contributed by atoms with E-state index >= 15 is 0 Å². The summed E-state index contributed by atoms with van der Waals surface area (Å²) in [5.41, 5.74) is 1.70. The Kier molecular flexibility index (Phi) is 3.30. The number of hydrogen-bond donors (Lipinski definition) is 1. The first-order chi connectivity index (χ1) is 8.35. The lowest BCUT2D eigenvalue weighted by Gasteiger charge is -2.06. The van der Waals surface area contributed by atoms with Gasteiger partial charge in [-0.1, -0.05) is 6.07 Å². The average Bonchev–Trinajstić information content (AvgIpc) is 2.40. The fraction of sp³-hybridized carbons (Fsp3) is 0.0833. The Balaban J connectivity index is 2.45. The van der Waals surface area contributed by atoms with E-state index in [-0.39, 0.29) is 0 Å². The van der Waals surface area contributed by atoms with Gasteiger partial charge in [0.25, 0.3) is 0 Å². The highest BCUT2D eigenvalue weighted by Gasteiger charge is 2.05. The predicted molar refractivity (Wildman–Crippen MR) is 65.8 cm³/mol. The van der Waals surface area contributed by atoms with Gasteiger partial charge in [0.15, 0.2) is 5.82 Å². The molecule has 0 saturated heterocycles. The van der Waals surface area contributed by atoms with E-state index in [0.717, 1.165) is 11.1 Å². The van der Waals surface area contributed by atoms with Crippen LogP contribution in [-0.2, 0) is 0 Å². The number of rotatable bonds is 3.